The van der Waals surface area contributed by atoms with E-state index in [9.17, 15) is 14.9 Å². The van der Waals surface area contributed by atoms with E-state index >= 15 is 0 Å². The van der Waals surface area contributed by atoms with Crippen LogP contribution in [0.5, 0.6) is 0 Å². The van der Waals surface area contributed by atoms with Gasteiger partial charge >= 0.3 is 0 Å². The predicted molar refractivity (Wildman–Crippen MR) is 74.5 cm³/mol. The van der Waals surface area contributed by atoms with Crippen LogP contribution in [0.15, 0.2) is 18.2 Å². The summed E-state index contributed by atoms with van der Waals surface area (Å²) in [5, 5.41) is 27.8. The number of amides is 1. The van der Waals surface area contributed by atoms with Crippen LogP contribution in [0, 0.1) is 32.8 Å². The SMILES string of the molecule is N#CCCN(CCC#N)C(=O)c1ccc([N+](=O)[O-])cc1Cl. The Morgan fingerprint density at radius 3 is 2.29 bits per heavy atom. The molecule has 21 heavy (non-hydrogen) atoms. The van der Waals surface area contributed by atoms with Gasteiger partial charge in [0.25, 0.3) is 11.6 Å². The highest BCUT2D eigenvalue weighted by atomic mass is 35.5. The number of nitrogens with zero attached hydrogens (tertiary/aromatic N) is 4. The van der Waals surface area contributed by atoms with Crippen LogP contribution in [0.4, 0.5) is 5.69 Å². The summed E-state index contributed by atoms with van der Waals surface area (Å²) in [5.74, 6) is -0.458. The monoisotopic (exact) mass is 306 g/mol. The normalized spacial score (nSPS) is 9.48. The molecule has 0 N–H and O–H groups in total. The van der Waals surface area contributed by atoms with Crippen LogP contribution in [0.2, 0.25) is 5.02 Å². The highest BCUT2D eigenvalue weighted by Crippen LogP contribution is 2.23. The first-order valence-corrected chi connectivity index (χ1v) is 6.36. The second kappa shape index (κ2) is 7.83. The van der Waals surface area contributed by atoms with Crippen molar-refractivity contribution in [3.63, 3.8) is 0 Å². The molecule has 0 aromatic heterocycles. The molecule has 0 bridgehead atoms. The van der Waals surface area contributed by atoms with Crippen molar-refractivity contribution in [1.29, 1.82) is 10.5 Å². The first-order chi connectivity index (χ1) is 10.0. The van der Waals surface area contributed by atoms with Gasteiger partial charge < -0.3 is 4.90 Å². The average molecular weight is 307 g/mol. The van der Waals surface area contributed by atoms with Gasteiger partial charge in [0.2, 0.25) is 0 Å². The second-order valence-corrected chi connectivity index (χ2v) is 4.44. The van der Waals surface area contributed by atoms with Crippen LogP contribution in [0.3, 0.4) is 0 Å². The Labute approximate surface area is 126 Å². The predicted octanol–water partition coefficient (Wildman–Crippen LogP) is 2.52. The number of carbonyl (C=O) groups excluding carboxylic acids is 1. The third-order valence-electron chi connectivity index (χ3n) is 2.67. The van der Waals surface area contributed by atoms with E-state index in [0.717, 1.165) is 6.07 Å². The van der Waals surface area contributed by atoms with Crippen molar-refractivity contribution < 1.29 is 9.72 Å². The smallest absolute Gasteiger partial charge is 0.270 e. The van der Waals surface area contributed by atoms with Gasteiger partial charge in [-0.15, -0.1) is 0 Å². The van der Waals surface area contributed by atoms with Gasteiger partial charge in [-0.05, 0) is 6.07 Å². The van der Waals surface area contributed by atoms with Crippen LogP contribution < -0.4 is 0 Å². The Kier molecular flexibility index (Phi) is 6.12. The van der Waals surface area contributed by atoms with Gasteiger partial charge in [0.05, 0.1) is 40.5 Å². The first kappa shape index (κ1) is 16.4. The summed E-state index contributed by atoms with van der Waals surface area (Å²) in [6.07, 6.45) is 0.254. The number of hydrogen-bond donors (Lipinski definition) is 0. The maximum atomic E-state index is 12.3. The maximum absolute atomic E-state index is 12.3. The molecule has 0 spiro atoms. The molecule has 1 rings (SSSR count). The van der Waals surface area contributed by atoms with Gasteiger partial charge in [-0.1, -0.05) is 11.6 Å². The van der Waals surface area contributed by atoms with Crippen molar-refractivity contribution in [3.05, 3.63) is 38.9 Å². The molecular formula is C13H11ClN4O3. The lowest BCUT2D eigenvalue weighted by atomic mass is 10.1. The molecule has 0 aliphatic rings. The molecule has 0 aliphatic carbocycles. The number of non-ortho nitro benzene ring substituents is 1. The molecule has 7 nitrogen and oxygen atoms in total. The van der Waals surface area contributed by atoms with Crippen molar-refractivity contribution in [2.24, 2.45) is 0 Å². The number of nitro groups is 1. The maximum Gasteiger partial charge on any atom is 0.270 e. The molecule has 0 saturated heterocycles. The fourth-order valence-electron chi connectivity index (χ4n) is 1.65. The molecule has 1 aromatic rings. The van der Waals surface area contributed by atoms with Crippen LogP contribution in [-0.4, -0.2) is 28.8 Å². The molecule has 0 saturated carbocycles. The van der Waals surface area contributed by atoms with Gasteiger partial charge in [-0.2, -0.15) is 10.5 Å². The third-order valence-corrected chi connectivity index (χ3v) is 2.98. The largest absolute Gasteiger partial charge is 0.337 e. The molecule has 0 unspecified atom stereocenters. The fraction of sp³-hybridized carbons (Fsp3) is 0.308. The quantitative estimate of drug-likeness (QED) is 0.592. The highest BCUT2D eigenvalue weighted by molar-refractivity contribution is 6.34. The summed E-state index contributed by atoms with van der Waals surface area (Å²) in [7, 11) is 0. The van der Waals surface area contributed by atoms with Gasteiger partial charge in [-0.25, -0.2) is 0 Å². The number of rotatable bonds is 6. The number of nitro benzene ring substituents is 1. The molecule has 0 fully saturated rings. The van der Waals surface area contributed by atoms with Crippen LogP contribution in [0.25, 0.3) is 0 Å². The summed E-state index contributed by atoms with van der Waals surface area (Å²) in [6, 6.07) is 7.40. The van der Waals surface area contributed by atoms with Gasteiger partial charge in [-0.3, -0.25) is 14.9 Å². The second-order valence-electron chi connectivity index (χ2n) is 4.03. The minimum absolute atomic E-state index is 0.0342. The summed E-state index contributed by atoms with van der Waals surface area (Å²) in [4.78, 5) is 23.7. The first-order valence-electron chi connectivity index (χ1n) is 5.98. The van der Waals surface area contributed by atoms with E-state index in [1.165, 1.54) is 17.0 Å². The molecule has 0 radical (unpaired) electrons. The van der Waals surface area contributed by atoms with Crippen LogP contribution in [0.1, 0.15) is 23.2 Å². The Morgan fingerprint density at radius 2 is 1.86 bits per heavy atom. The molecule has 0 aliphatic heterocycles. The van der Waals surface area contributed by atoms with E-state index in [1.807, 2.05) is 12.1 Å². The lowest BCUT2D eigenvalue weighted by Gasteiger charge is -2.20. The fourth-order valence-corrected chi connectivity index (χ4v) is 1.90. The number of carbonyl (C=O) groups is 1. The van der Waals surface area contributed by atoms with Crippen LogP contribution in [-0.2, 0) is 0 Å². The Morgan fingerprint density at radius 1 is 1.29 bits per heavy atom. The molecule has 0 heterocycles. The van der Waals surface area contributed by atoms with E-state index in [4.69, 9.17) is 22.1 Å². The van der Waals surface area contributed by atoms with Gasteiger partial charge in [0.15, 0.2) is 0 Å². The van der Waals surface area contributed by atoms with E-state index in [0.29, 0.717) is 0 Å². The summed E-state index contributed by atoms with van der Waals surface area (Å²) in [6.45, 7) is 0.342. The number of halogens is 1. The topological polar surface area (TPSA) is 111 Å². The molecule has 8 heteroatoms. The minimum atomic E-state index is -0.608. The lowest BCUT2D eigenvalue weighted by molar-refractivity contribution is -0.384. The van der Waals surface area contributed by atoms with E-state index in [-0.39, 0.29) is 42.2 Å². The van der Waals surface area contributed by atoms with Crippen molar-refractivity contribution in [1.82, 2.24) is 4.90 Å². The van der Waals surface area contributed by atoms with Crippen molar-refractivity contribution in [3.8, 4) is 12.1 Å². The zero-order valence-corrected chi connectivity index (χ0v) is 11.7. The molecule has 0 atom stereocenters. The molecular weight excluding hydrogens is 296 g/mol. The summed E-state index contributed by atoms with van der Waals surface area (Å²) in [5.41, 5.74) is -0.102. The zero-order valence-electron chi connectivity index (χ0n) is 11.0. The van der Waals surface area contributed by atoms with Crippen molar-refractivity contribution >= 4 is 23.2 Å². The summed E-state index contributed by atoms with van der Waals surface area (Å²) < 4.78 is 0. The minimum Gasteiger partial charge on any atom is -0.337 e. The van der Waals surface area contributed by atoms with E-state index in [2.05, 4.69) is 0 Å². The standard InChI is InChI=1S/C13H11ClN4O3/c14-12-9-10(18(20)21)3-4-11(12)13(19)17(7-1-5-15)8-2-6-16/h3-4,9H,1-2,7-8H2. The van der Waals surface area contributed by atoms with Crippen molar-refractivity contribution in [2.45, 2.75) is 12.8 Å². The Bertz CT molecular complexity index is 615. The Balaban J connectivity index is 3.00. The lowest BCUT2D eigenvalue weighted by Crippen LogP contribution is -2.33. The van der Waals surface area contributed by atoms with Gasteiger partial charge in [0.1, 0.15) is 0 Å². The molecule has 1 amide bonds. The number of benzene rings is 1. The Hall–Kier alpha value is -2.64. The van der Waals surface area contributed by atoms with Crippen molar-refractivity contribution in [2.75, 3.05) is 13.1 Å². The third kappa shape index (κ3) is 4.44. The highest BCUT2D eigenvalue weighted by Gasteiger charge is 2.20. The number of hydrogen-bond acceptors (Lipinski definition) is 5. The molecule has 108 valence electrons. The van der Waals surface area contributed by atoms with E-state index < -0.39 is 10.8 Å². The average Bonchev–Trinajstić information content (AvgIpc) is 2.46. The van der Waals surface area contributed by atoms with E-state index in [1.54, 1.807) is 0 Å². The van der Waals surface area contributed by atoms with Gasteiger partial charge in [0, 0.05) is 25.2 Å². The molecule has 1 aromatic carbocycles. The number of nitriles is 2. The van der Waals surface area contributed by atoms with Crippen LogP contribution >= 0.6 is 11.6 Å². The summed E-state index contributed by atoms with van der Waals surface area (Å²) >= 11 is 5.90. The zero-order chi connectivity index (χ0) is 15.8.